The SMILES string of the molecule is O=C(CC(Cc1nc2ccccc2o1)c1ccccc1)c1ccccc1. The van der Waals surface area contributed by atoms with Gasteiger partial charge in [0.2, 0.25) is 0 Å². The van der Waals surface area contributed by atoms with Crippen molar-refractivity contribution < 1.29 is 9.21 Å². The first-order valence-corrected chi connectivity index (χ1v) is 8.77. The summed E-state index contributed by atoms with van der Waals surface area (Å²) in [5, 5.41) is 0. The molecule has 0 radical (unpaired) electrons. The molecule has 4 rings (SSSR count). The van der Waals surface area contributed by atoms with Gasteiger partial charge in [-0.05, 0) is 23.6 Å². The Morgan fingerprint density at radius 2 is 1.50 bits per heavy atom. The smallest absolute Gasteiger partial charge is 0.196 e. The molecule has 3 nitrogen and oxygen atoms in total. The van der Waals surface area contributed by atoms with Gasteiger partial charge in [0.05, 0.1) is 0 Å². The summed E-state index contributed by atoms with van der Waals surface area (Å²) in [5.41, 5.74) is 3.50. The quantitative estimate of drug-likeness (QED) is 0.439. The largest absolute Gasteiger partial charge is 0.441 e. The maximum atomic E-state index is 12.7. The fraction of sp³-hybridized carbons (Fsp3) is 0.130. The molecule has 3 heteroatoms. The molecule has 1 atom stereocenters. The van der Waals surface area contributed by atoms with Gasteiger partial charge in [-0.25, -0.2) is 4.98 Å². The molecule has 0 bridgehead atoms. The van der Waals surface area contributed by atoms with Crippen molar-refractivity contribution in [2.24, 2.45) is 0 Å². The van der Waals surface area contributed by atoms with E-state index in [-0.39, 0.29) is 11.7 Å². The monoisotopic (exact) mass is 341 g/mol. The minimum Gasteiger partial charge on any atom is -0.441 e. The summed E-state index contributed by atoms with van der Waals surface area (Å²) < 4.78 is 5.88. The number of hydrogen-bond acceptors (Lipinski definition) is 3. The lowest BCUT2D eigenvalue weighted by molar-refractivity contribution is 0.0973. The fourth-order valence-electron chi connectivity index (χ4n) is 3.22. The Morgan fingerprint density at radius 3 is 2.23 bits per heavy atom. The number of carbonyl (C=O) groups excluding carboxylic acids is 1. The van der Waals surface area contributed by atoms with Crippen LogP contribution in [0.4, 0.5) is 0 Å². The normalized spacial score (nSPS) is 12.2. The molecule has 0 saturated heterocycles. The van der Waals surface area contributed by atoms with Crippen LogP contribution >= 0.6 is 0 Å². The van der Waals surface area contributed by atoms with Crippen LogP contribution in [-0.2, 0) is 6.42 Å². The molecule has 1 unspecified atom stereocenters. The highest BCUT2D eigenvalue weighted by Gasteiger charge is 2.20. The second-order valence-electron chi connectivity index (χ2n) is 6.38. The average molecular weight is 341 g/mol. The van der Waals surface area contributed by atoms with E-state index in [0.717, 1.165) is 22.2 Å². The molecule has 0 aliphatic heterocycles. The number of Topliss-reactive ketones (excluding diaryl/α,β-unsaturated/α-hetero) is 1. The van der Waals surface area contributed by atoms with E-state index in [9.17, 15) is 4.79 Å². The average Bonchev–Trinajstić information content (AvgIpc) is 3.11. The predicted molar refractivity (Wildman–Crippen MR) is 102 cm³/mol. The van der Waals surface area contributed by atoms with Crippen LogP contribution < -0.4 is 0 Å². The standard InChI is InChI=1S/C23H19NO2/c25-21(18-11-5-2-6-12-18)15-19(17-9-3-1-4-10-17)16-23-24-20-13-7-8-14-22(20)26-23/h1-14,19H,15-16H2. The van der Waals surface area contributed by atoms with Crippen molar-refractivity contribution in [2.45, 2.75) is 18.8 Å². The van der Waals surface area contributed by atoms with Gasteiger partial charge in [0, 0.05) is 18.4 Å². The van der Waals surface area contributed by atoms with Crippen LogP contribution in [0.1, 0.15) is 34.2 Å². The van der Waals surface area contributed by atoms with Crippen molar-refractivity contribution in [3.8, 4) is 0 Å². The van der Waals surface area contributed by atoms with Gasteiger partial charge in [-0.1, -0.05) is 72.8 Å². The van der Waals surface area contributed by atoms with Crippen molar-refractivity contribution in [3.63, 3.8) is 0 Å². The van der Waals surface area contributed by atoms with E-state index in [1.165, 1.54) is 0 Å². The Labute approximate surface area is 152 Å². The zero-order valence-corrected chi connectivity index (χ0v) is 14.3. The van der Waals surface area contributed by atoms with Gasteiger partial charge in [0.15, 0.2) is 17.3 Å². The number of hydrogen-bond donors (Lipinski definition) is 0. The minimum absolute atomic E-state index is 0.0250. The molecular formula is C23H19NO2. The summed E-state index contributed by atoms with van der Waals surface area (Å²) in [5.74, 6) is 0.827. The molecule has 0 fully saturated rings. The number of nitrogens with zero attached hydrogens (tertiary/aromatic N) is 1. The number of fused-ring (bicyclic) bond motifs is 1. The van der Waals surface area contributed by atoms with Crippen LogP contribution in [0.2, 0.25) is 0 Å². The summed E-state index contributed by atoms with van der Waals surface area (Å²) >= 11 is 0. The van der Waals surface area contributed by atoms with Crippen LogP contribution in [0, 0.1) is 0 Å². The van der Waals surface area contributed by atoms with E-state index in [1.54, 1.807) is 0 Å². The number of para-hydroxylation sites is 2. The topological polar surface area (TPSA) is 43.1 Å². The van der Waals surface area contributed by atoms with E-state index in [1.807, 2.05) is 72.8 Å². The highest BCUT2D eigenvalue weighted by atomic mass is 16.3. The minimum atomic E-state index is 0.0250. The molecule has 1 heterocycles. The molecule has 0 spiro atoms. The first-order chi connectivity index (χ1) is 12.8. The lowest BCUT2D eigenvalue weighted by atomic mass is 9.89. The van der Waals surface area contributed by atoms with Gasteiger partial charge in [0.25, 0.3) is 0 Å². The third-order valence-electron chi connectivity index (χ3n) is 4.56. The number of carbonyl (C=O) groups is 1. The first-order valence-electron chi connectivity index (χ1n) is 8.77. The number of oxazole rings is 1. The van der Waals surface area contributed by atoms with Crippen LogP contribution in [0.15, 0.2) is 89.3 Å². The van der Waals surface area contributed by atoms with E-state index in [4.69, 9.17) is 4.42 Å². The molecule has 0 aliphatic rings. The van der Waals surface area contributed by atoms with Gasteiger partial charge in [0.1, 0.15) is 5.52 Å². The third kappa shape index (κ3) is 3.57. The Bertz CT molecular complexity index is 973. The van der Waals surface area contributed by atoms with E-state index in [0.29, 0.717) is 18.7 Å². The molecule has 4 aromatic rings. The molecule has 1 aromatic heterocycles. The van der Waals surface area contributed by atoms with Crippen molar-refractivity contribution in [1.82, 2.24) is 4.98 Å². The summed E-state index contributed by atoms with van der Waals surface area (Å²) in [4.78, 5) is 17.3. The van der Waals surface area contributed by atoms with Gasteiger partial charge >= 0.3 is 0 Å². The first kappa shape index (κ1) is 16.3. The summed E-state index contributed by atoms with van der Waals surface area (Å²) in [6.07, 6.45) is 1.02. The number of benzene rings is 3. The molecule has 0 saturated carbocycles. The third-order valence-corrected chi connectivity index (χ3v) is 4.56. The van der Waals surface area contributed by atoms with Crippen molar-refractivity contribution in [2.75, 3.05) is 0 Å². The molecule has 3 aromatic carbocycles. The van der Waals surface area contributed by atoms with Crippen LogP contribution in [-0.4, -0.2) is 10.8 Å². The Morgan fingerprint density at radius 1 is 0.846 bits per heavy atom. The van der Waals surface area contributed by atoms with Crippen molar-refractivity contribution in [1.29, 1.82) is 0 Å². The molecule has 0 aliphatic carbocycles. The second-order valence-corrected chi connectivity index (χ2v) is 6.38. The number of ketones is 1. The van der Waals surface area contributed by atoms with Gasteiger partial charge < -0.3 is 4.42 Å². The van der Waals surface area contributed by atoms with Crippen molar-refractivity contribution in [3.05, 3.63) is 102 Å². The van der Waals surface area contributed by atoms with Gasteiger partial charge in [-0.3, -0.25) is 4.79 Å². The lowest BCUT2D eigenvalue weighted by Crippen LogP contribution is -2.10. The summed E-state index contributed by atoms with van der Waals surface area (Å²) in [6.45, 7) is 0. The highest BCUT2D eigenvalue weighted by molar-refractivity contribution is 5.96. The Balaban J connectivity index is 1.61. The maximum Gasteiger partial charge on any atom is 0.196 e. The zero-order valence-electron chi connectivity index (χ0n) is 14.3. The summed E-state index contributed by atoms with van der Waals surface area (Å²) in [6, 6.07) is 27.3. The molecule has 26 heavy (non-hydrogen) atoms. The molecule has 0 amide bonds. The second kappa shape index (κ2) is 7.36. The predicted octanol–water partition coefficient (Wildman–Crippen LogP) is 5.43. The number of rotatable bonds is 6. The van der Waals surface area contributed by atoms with E-state index in [2.05, 4.69) is 17.1 Å². The van der Waals surface area contributed by atoms with Crippen LogP contribution in [0.5, 0.6) is 0 Å². The molecule has 0 N–H and O–H groups in total. The maximum absolute atomic E-state index is 12.7. The van der Waals surface area contributed by atoms with Crippen molar-refractivity contribution >= 4 is 16.9 Å². The summed E-state index contributed by atoms with van der Waals surface area (Å²) in [7, 11) is 0. The van der Waals surface area contributed by atoms with Gasteiger partial charge in [-0.2, -0.15) is 0 Å². The molecular weight excluding hydrogens is 322 g/mol. The van der Waals surface area contributed by atoms with E-state index < -0.39 is 0 Å². The van der Waals surface area contributed by atoms with Crippen LogP contribution in [0.25, 0.3) is 11.1 Å². The fourth-order valence-corrected chi connectivity index (χ4v) is 3.22. The van der Waals surface area contributed by atoms with Gasteiger partial charge in [-0.15, -0.1) is 0 Å². The molecule has 128 valence electrons. The number of aromatic nitrogens is 1. The lowest BCUT2D eigenvalue weighted by Gasteiger charge is -2.15. The highest BCUT2D eigenvalue weighted by Crippen LogP contribution is 2.27. The van der Waals surface area contributed by atoms with Crippen LogP contribution in [0.3, 0.4) is 0 Å². The Hall–Kier alpha value is -3.20. The Kier molecular flexibility index (Phi) is 4.61. The zero-order chi connectivity index (χ0) is 17.8. The van der Waals surface area contributed by atoms with E-state index >= 15 is 0 Å².